The van der Waals surface area contributed by atoms with E-state index in [1.807, 2.05) is 48.7 Å². The van der Waals surface area contributed by atoms with Gasteiger partial charge in [-0.2, -0.15) is 0 Å². The fourth-order valence-corrected chi connectivity index (χ4v) is 2.99. The zero-order chi connectivity index (χ0) is 16.7. The van der Waals surface area contributed by atoms with Crippen LogP contribution in [0.5, 0.6) is 5.75 Å². The molecule has 118 valence electrons. The molecule has 2 nitrogen and oxygen atoms in total. The first-order valence-corrected chi connectivity index (χ1v) is 7.79. The Balaban J connectivity index is 1.87. The number of aromatic hydroxyl groups is 1. The van der Waals surface area contributed by atoms with Crippen LogP contribution in [-0.4, -0.2) is 10.1 Å². The highest BCUT2D eigenvalue weighted by Crippen LogP contribution is 2.39. The summed E-state index contributed by atoms with van der Waals surface area (Å²) in [6.45, 7) is 1.72. The number of aromatic amines is 1. The van der Waals surface area contributed by atoms with Gasteiger partial charge in [0.05, 0.1) is 0 Å². The smallest absolute Gasteiger partial charge is 0.131 e. The predicted molar refractivity (Wildman–Crippen MR) is 95.5 cm³/mol. The van der Waals surface area contributed by atoms with Crippen LogP contribution in [0.2, 0.25) is 0 Å². The molecule has 0 aliphatic heterocycles. The van der Waals surface area contributed by atoms with Gasteiger partial charge >= 0.3 is 0 Å². The fourth-order valence-electron chi connectivity index (χ4n) is 2.99. The monoisotopic (exact) mass is 317 g/mol. The van der Waals surface area contributed by atoms with E-state index in [1.165, 1.54) is 6.07 Å². The van der Waals surface area contributed by atoms with Gasteiger partial charge in [0.2, 0.25) is 0 Å². The second kappa shape index (κ2) is 5.53. The highest BCUT2D eigenvalue weighted by molar-refractivity contribution is 5.88. The zero-order valence-corrected chi connectivity index (χ0v) is 13.2. The zero-order valence-electron chi connectivity index (χ0n) is 13.2. The summed E-state index contributed by atoms with van der Waals surface area (Å²) in [5, 5.41) is 11.8. The van der Waals surface area contributed by atoms with Crippen LogP contribution in [0, 0.1) is 12.7 Å². The second-order valence-corrected chi connectivity index (χ2v) is 5.95. The minimum absolute atomic E-state index is 0.163. The molecule has 0 atom stereocenters. The SMILES string of the molecule is Cc1ccc(-c2cccc(-c3ccc4[nH]ccc4c3)c2O)cc1F. The molecule has 0 saturated heterocycles. The maximum atomic E-state index is 13.9. The molecule has 0 aliphatic carbocycles. The molecule has 1 aromatic heterocycles. The van der Waals surface area contributed by atoms with Crippen LogP contribution in [0.15, 0.2) is 66.9 Å². The van der Waals surface area contributed by atoms with Crippen molar-refractivity contribution in [2.24, 2.45) is 0 Å². The molecule has 24 heavy (non-hydrogen) atoms. The Morgan fingerprint density at radius 3 is 2.33 bits per heavy atom. The van der Waals surface area contributed by atoms with E-state index in [4.69, 9.17) is 0 Å². The summed E-state index contributed by atoms with van der Waals surface area (Å²) in [5.74, 6) is -0.110. The molecule has 0 amide bonds. The molecule has 4 rings (SSSR count). The van der Waals surface area contributed by atoms with Crippen molar-refractivity contribution in [2.45, 2.75) is 6.92 Å². The summed E-state index contributed by atoms with van der Waals surface area (Å²) in [4.78, 5) is 3.16. The summed E-state index contributed by atoms with van der Waals surface area (Å²) in [7, 11) is 0. The molecule has 3 aromatic carbocycles. The lowest BCUT2D eigenvalue weighted by Crippen LogP contribution is -1.87. The number of phenols is 1. The van der Waals surface area contributed by atoms with E-state index >= 15 is 0 Å². The Morgan fingerprint density at radius 1 is 0.875 bits per heavy atom. The minimum Gasteiger partial charge on any atom is -0.507 e. The van der Waals surface area contributed by atoms with E-state index in [9.17, 15) is 9.50 Å². The van der Waals surface area contributed by atoms with E-state index in [1.54, 1.807) is 19.1 Å². The van der Waals surface area contributed by atoms with E-state index in [0.717, 1.165) is 22.0 Å². The number of hydrogen-bond acceptors (Lipinski definition) is 1. The first-order chi connectivity index (χ1) is 11.6. The molecule has 0 radical (unpaired) electrons. The van der Waals surface area contributed by atoms with Gasteiger partial charge in [0, 0.05) is 22.8 Å². The van der Waals surface area contributed by atoms with Crippen molar-refractivity contribution in [3.8, 4) is 28.0 Å². The molecule has 0 aliphatic rings. The molecular weight excluding hydrogens is 301 g/mol. The predicted octanol–water partition coefficient (Wildman–Crippen LogP) is 5.66. The number of hydrogen-bond donors (Lipinski definition) is 2. The standard InChI is InChI=1S/C21H16FNO/c1-13-5-6-15(12-19(13)22)18-4-2-3-17(21(18)24)14-7-8-20-16(11-14)9-10-23-20/h2-12,23-24H,1H3. The number of para-hydroxylation sites is 1. The molecule has 2 N–H and O–H groups in total. The van der Waals surface area contributed by atoms with E-state index in [2.05, 4.69) is 4.98 Å². The fraction of sp³-hybridized carbons (Fsp3) is 0.0476. The normalized spacial score (nSPS) is 11.1. The number of aryl methyl sites for hydroxylation is 1. The van der Waals surface area contributed by atoms with Gasteiger partial charge in [0.25, 0.3) is 0 Å². The Labute approximate surface area is 139 Å². The number of nitrogens with one attached hydrogen (secondary N) is 1. The lowest BCUT2D eigenvalue weighted by Gasteiger charge is -2.11. The van der Waals surface area contributed by atoms with E-state index in [-0.39, 0.29) is 11.6 Å². The number of rotatable bonds is 2. The molecule has 0 saturated carbocycles. The molecule has 0 fully saturated rings. The average molecular weight is 317 g/mol. The number of fused-ring (bicyclic) bond motifs is 1. The number of benzene rings is 3. The highest BCUT2D eigenvalue weighted by atomic mass is 19.1. The minimum atomic E-state index is -0.272. The Bertz CT molecular complexity index is 1050. The Hall–Kier alpha value is -3.07. The van der Waals surface area contributed by atoms with Gasteiger partial charge in [-0.15, -0.1) is 0 Å². The van der Waals surface area contributed by atoms with Crippen molar-refractivity contribution in [3.05, 3.63) is 78.2 Å². The van der Waals surface area contributed by atoms with Gasteiger partial charge in [-0.25, -0.2) is 4.39 Å². The summed E-state index contributed by atoms with van der Waals surface area (Å²) in [6.07, 6.45) is 1.89. The third kappa shape index (κ3) is 2.35. The van der Waals surface area contributed by atoms with Crippen LogP contribution in [0.3, 0.4) is 0 Å². The quantitative estimate of drug-likeness (QED) is 0.492. The lowest BCUT2D eigenvalue weighted by atomic mass is 9.96. The summed E-state index contributed by atoms with van der Waals surface area (Å²) >= 11 is 0. The van der Waals surface area contributed by atoms with Crippen LogP contribution < -0.4 is 0 Å². The van der Waals surface area contributed by atoms with Gasteiger partial charge in [-0.05, 0) is 53.3 Å². The van der Waals surface area contributed by atoms with Crippen molar-refractivity contribution in [1.82, 2.24) is 4.98 Å². The molecule has 0 unspecified atom stereocenters. The molecule has 3 heteroatoms. The van der Waals surface area contributed by atoms with E-state index < -0.39 is 0 Å². The van der Waals surface area contributed by atoms with Crippen LogP contribution in [0.1, 0.15) is 5.56 Å². The molecular formula is C21H16FNO. The van der Waals surface area contributed by atoms with Crippen LogP contribution in [0.25, 0.3) is 33.2 Å². The maximum Gasteiger partial charge on any atom is 0.131 e. The van der Waals surface area contributed by atoms with Crippen LogP contribution in [0.4, 0.5) is 4.39 Å². The first kappa shape index (κ1) is 14.5. The number of H-pyrrole nitrogens is 1. The van der Waals surface area contributed by atoms with E-state index in [0.29, 0.717) is 16.7 Å². The third-order valence-electron chi connectivity index (χ3n) is 4.38. The van der Waals surface area contributed by atoms with Crippen molar-refractivity contribution in [1.29, 1.82) is 0 Å². The molecule has 4 aromatic rings. The molecule has 0 spiro atoms. The number of aromatic nitrogens is 1. The van der Waals surface area contributed by atoms with Crippen LogP contribution in [-0.2, 0) is 0 Å². The van der Waals surface area contributed by atoms with Crippen molar-refractivity contribution in [2.75, 3.05) is 0 Å². The first-order valence-electron chi connectivity index (χ1n) is 7.79. The van der Waals surface area contributed by atoms with Gasteiger partial charge in [0.15, 0.2) is 0 Å². The average Bonchev–Trinajstić information content (AvgIpc) is 3.05. The molecule has 1 heterocycles. The lowest BCUT2D eigenvalue weighted by molar-refractivity contribution is 0.479. The highest BCUT2D eigenvalue weighted by Gasteiger charge is 2.12. The van der Waals surface area contributed by atoms with Crippen molar-refractivity contribution >= 4 is 10.9 Å². The van der Waals surface area contributed by atoms with Crippen LogP contribution >= 0.6 is 0 Å². The summed E-state index contributed by atoms with van der Waals surface area (Å²) < 4.78 is 13.9. The van der Waals surface area contributed by atoms with Gasteiger partial charge in [0.1, 0.15) is 11.6 Å². The maximum absolute atomic E-state index is 13.9. The number of halogens is 1. The summed E-state index contributed by atoms with van der Waals surface area (Å²) in [6, 6.07) is 18.5. The Morgan fingerprint density at radius 2 is 1.58 bits per heavy atom. The number of phenolic OH excluding ortho intramolecular Hbond substituents is 1. The Kier molecular flexibility index (Phi) is 3.35. The third-order valence-corrected chi connectivity index (χ3v) is 4.38. The topological polar surface area (TPSA) is 36.0 Å². The van der Waals surface area contributed by atoms with Gasteiger partial charge in [-0.1, -0.05) is 36.4 Å². The summed E-state index contributed by atoms with van der Waals surface area (Å²) in [5.41, 5.74) is 4.59. The second-order valence-electron chi connectivity index (χ2n) is 5.95. The van der Waals surface area contributed by atoms with Crippen molar-refractivity contribution < 1.29 is 9.50 Å². The van der Waals surface area contributed by atoms with Crippen molar-refractivity contribution in [3.63, 3.8) is 0 Å². The largest absolute Gasteiger partial charge is 0.507 e. The molecule has 0 bridgehead atoms. The van der Waals surface area contributed by atoms with Gasteiger partial charge < -0.3 is 10.1 Å². The van der Waals surface area contributed by atoms with Gasteiger partial charge in [-0.3, -0.25) is 0 Å².